The van der Waals surface area contributed by atoms with Crippen LogP contribution in [0.25, 0.3) is 0 Å². The molecule has 2 saturated carbocycles. The zero-order chi connectivity index (χ0) is 16.4. The first-order valence-corrected chi connectivity index (χ1v) is 9.09. The van der Waals surface area contributed by atoms with Crippen molar-refractivity contribution in [3.05, 3.63) is 11.8 Å². The SMILES string of the molecule is C[C@]12CCC(=O)NC1=CC[C@@H]1[C@@H]2CC[C@]2(C)C(C(=O)O)CC[C@@H]12. The number of carbonyl (C=O) groups is 2. The van der Waals surface area contributed by atoms with Crippen molar-refractivity contribution in [1.82, 2.24) is 5.32 Å². The van der Waals surface area contributed by atoms with Crippen LogP contribution in [-0.2, 0) is 9.59 Å². The molecule has 1 aliphatic heterocycles. The van der Waals surface area contributed by atoms with Crippen LogP contribution in [0.3, 0.4) is 0 Å². The number of allylic oxidation sites excluding steroid dienone is 2. The summed E-state index contributed by atoms with van der Waals surface area (Å²) in [4.78, 5) is 23.4. The topological polar surface area (TPSA) is 66.4 Å². The normalized spacial score (nSPS) is 48.6. The van der Waals surface area contributed by atoms with E-state index in [1.54, 1.807) is 0 Å². The lowest BCUT2D eigenvalue weighted by Gasteiger charge is -2.56. The lowest BCUT2D eigenvalue weighted by Crippen LogP contribution is -2.53. The van der Waals surface area contributed by atoms with Gasteiger partial charge in [0.15, 0.2) is 0 Å². The summed E-state index contributed by atoms with van der Waals surface area (Å²) in [6.07, 6.45) is 8.83. The number of amides is 1. The summed E-state index contributed by atoms with van der Waals surface area (Å²) < 4.78 is 0. The monoisotopic (exact) mass is 317 g/mol. The Balaban J connectivity index is 1.67. The van der Waals surface area contributed by atoms with Crippen LogP contribution >= 0.6 is 0 Å². The fourth-order valence-corrected chi connectivity index (χ4v) is 6.60. The minimum absolute atomic E-state index is 0.0351. The van der Waals surface area contributed by atoms with Crippen molar-refractivity contribution in [3.8, 4) is 0 Å². The minimum Gasteiger partial charge on any atom is -0.481 e. The zero-order valence-corrected chi connectivity index (χ0v) is 14.1. The third-order valence-corrected chi connectivity index (χ3v) is 7.91. The maximum absolute atomic E-state index is 11.8. The van der Waals surface area contributed by atoms with Crippen LogP contribution < -0.4 is 5.32 Å². The number of carboxylic acid groups (broad SMARTS) is 1. The van der Waals surface area contributed by atoms with Crippen LogP contribution in [-0.4, -0.2) is 17.0 Å². The Morgan fingerprint density at radius 1 is 1.22 bits per heavy atom. The summed E-state index contributed by atoms with van der Waals surface area (Å²) in [5.41, 5.74) is 1.19. The highest BCUT2D eigenvalue weighted by Crippen LogP contribution is 2.65. The number of carbonyl (C=O) groups excluding carboxylic acids is 1. The maximum Gasteiger partial charge on any atom is 0.307 e. The van der Waals surface area contributed by atoms with E-state index in [2.05, 4.69) is 25.2 Å². The van der Waals surface area contributed by atoms with Crippen LogP contribution in [0.4, 0.5) is 0 Å². The van der Waals surface area contributed by atoms with Gasteiger partial charge in [-0.1, -0.05) is 19.9 Å². The first-order chi connectivity index (χ1) is 10.9. The average molecular weight is 317 g/mol. The molecule has 3 aliphatic carbocycles. The van der Waals surface area contributed by atoms with Gasteiger partial charge < -0.3 is 10.4 Å². The molecule has 2 N–H and O–H groups in total. The van der Waals surface area contributed by atoms with E-state index in [1.165, 1.54) is 0 Å². The standard InChI is InChI=1S/C19H27NO3/c1-18-9-7-13-11(12(18)4-5-14(18)17(22)23)3-6-15-19(13,2)10-8-16(21)20-15/h6,11-14H,3-5,7-10H2,1-2H3,(H,20,21)(H,22,23)/t11-,12-,13-,14?,18-,19+/m0/s1. The van der Waals surface area contributed by atoms with Gasteiger partial charge in [0.05, 0.1) is 5.92 Å². The van der Waals surface area contributed by atoms with E-state index in [-0.39, 0.29) is 22.7 Å². The van der Waals surface area contributed by atoms with E-state index in [0.29, 0.717) is 24.2 Å². The van der Waals surface area contributed by atoms with Gasteiger partial charge in [-0.05, 0) is 61.7 Å². The van der Waals surface area contributed by atoms with Crippen LogP contribution in [0.5, 0.6) is 0 Å². The highest BCUT2D eigenvalue weighted by molar-refractivity contribution is 5.79. The third-order valence-electron chi connectivity index (χ3n) is 7.91. The molecule has 0 aromatic rings. The van der Waals surface area contributed by atoms with E-state index >= 15 is 0 Å². The molecule has 4 nitrogen and oxygen atoms in total. The number of rotatable bonds is 1. The molecule has 1 amide bonds. The Morgan fingerprint density at radius 2 is 2.00 bits per heavy atom. The second-order valence-corrected chi connectivity index (χ2v) is 8.71. The van der Waals surface area contributed by atoms with E-state index < -0.39 is 5.97 Å². The second kappa shape index (κ2) is 4.84. The highest BCUT2D eigenvalue weighted by Gasteiger charge is 2.60. The second-order valence-electron chi connectivity index (χ2n) is 8.71. The Labute approximate surface area is 137 Å². The fourth-order valence-electron chi connectivity index (χ4n) is 6.60. The number of nitrogens with one attached hydrogen (secondary N) is 1. The van der Waals surface area contributed by atoms with Gasteiger partial charge in [0.1, 0.15) is 0 Å². The van der Waals surface area contributed by atoms with Crippen LogP contribution in [0, 0.1) is 34.5 Å². The van der Waals surface area contributed by atoms with Crippen LogP contribution in [0.15, 0.2) is 11.8 Å². The molecule has 1 heterocycles. The number of hydrogen-bond donors (Lipinski definition) is 2. The lowest BCUT2D eigenvalue weighted by atomic mass is 9.49. The van der Waals surface area contributed by atoms with Gasteiger partial charge in [-0.25, -0.2) is 0 Å². The molecule has 126 valence electrons. The number of piperidine rings is 1. The molecule has 0 spiro atoms. The molecule has 0 bridgehead atoms. The van der Waals surface area contributed by atoms with Crippen molar-refractivity contribution in [3.63, 3.8) is 0 Å². The van der Waals surface area contributed by atoms with E-state index in [9.17, 15) is 14.7 Å². The molecular weight excluding hydrogens is 290 g/mol. The van der Waals surface area contributed by atoms with Gasteiger partial charge in [0.25, 0.3) is 0 Å². The molecule has 4 heteroatoms. The molecule has 3 fully saturated rings. The van der Waals surface area contributed by atoms with Crippen molar-refractivity contribution in [1.29, 1.82) is 0 Å². The summed E-state index contributed by atoms with van der Waals surface area (Å²) in [7, 11) is 0. The molecule has 0 aromatic heterocycles. The molecule has 6 atom stereocenters. The first-order valence-electron chi connectivity index (χ1n) is 9.09. The van der Waals surface area contributed by atoms with Crippen LogP contribution in [0.2, 0.25) is 0 Å². The van der Waals surface area contributed by atoms with Gasteiger partial charge in [-0.3, -0.25) is 9.59 Å². The summed E-state index contributed by atoms with van der Waals surface area (Å²) in [5.74, 6) is 1.08. The largest absolute Gasteiger partial charge is 0.481 e. The number of carboxylic acids is 1. The van der Waals surface area contributed by atoms with Crippen LogP contribution in [0.1, 0.15) is 58.8 Å². The first kappa shape index (κ1) is 15.2. The number of hydrogen-bond acceptors (Lipinski definition) is 2. The molecule has 23 heavy (non-hydrogen) atoms. The van der Waals surface area contributed by atoms with Crippen molar-refractivity contribution >= 4 is 11.9 Å². The van der Waals surface area contributed by atoms with Gasteiger partial charge in [-0.15, -0.1) is 0 Å². The molecule has 1 saturated heterocycles. The van der Waals surface area contributed by atoms with Crippen molar-refractivity contribution in [2.24, 2.45) is 34.5 Å². The fraction of sp³-hybridized carbons (Fsp3) is 0.789. The third kappa shape index (κ3) is 1.96. The maximum atomic E-state index is 11.8. The summed E-state index contributed by atoms with van der Waals surface area (Å²) in [5, 5.41) is 12.7. The molecular formula is C19H27NO3. The predicted molar refractivity (Wildman–Crippen MR) is 86.4 cm³/mol. The minimum atomic E-state index is -0.600. The van der Waals surface area contributed by atoms with Gasteiger partial charge in [-0.2, -0.15) is 0 Å². The molecule has 0 radical (unpaired) electrons. The average Bonchev–Trinajstić information content (AvgIpc) is 2.85. The quantitative estimate of drug-likeness (QED) is 0.779. The molecule has 1 unspecified atom stereocenters. The summed E-state index contributed by atoms with van der Waals surface area (Å²) in [6.45, 7) is 4.55. The van der Waals surface area contributed by atoms with Gasteiger partial charge >= 0.3 is 5.97 Å². The summed E-state index contributed by atoms with van der Waals surface area (Å²) >= 11 is 0. The summed E-state index contributed by atoms with van der Waals surface area (Å²) in [6, 6.07) is 0. The number of aliphatic carboxylic acids is 1. The predicted octanol–water partition coefficient (Wildman–Crippen LogP) is 3.33. The molecule has 4 aliphatic rings. The van der Waals surface area contributed by atoms with Crippen molar-refractivity contribution < 1.29 is 14.7 Å². The molecule has 4 rings (SSSR count). The van der Waals surface area contributed by atoms with E-state index in [1.807, 2.05) is 0 Å². The van der Waals surface area contributed by atoms with Crippen molar-refractivity contribution in [2.75, 3.05) is 0 Å². The Bertz CT molecular complexity index is 597. The Hall–Kier alpha value is -1.32. The smallest absolute Gasteiger partial charge is 0.307 e. The lowest BCUT2D eigenvalue weighted by molar-refractivity contribution is -0.149. The van der Waals surface area contributed by atoms with Crippen molar-refractivity contribution in [2.45, 2.75) is 58.8 Å². The number of fused-ring (bicyclic) bond motifs is 5. The zero-order valence-electron chi connectivity index (χ0n) is 14.1. The van der Waals surface area contributed by atoms with Gasteiger partial charge in [0.2, 0.25) is 5.91 Å². The Morgan fingerprint density at radius 3 is 2.74 bits per heavy atom. The van der Waals surface area contributed by atoms with Gasteiger partial charge in [0, 0.05) is 17.5 Å². The Kier molecular flexibility index (Phi) is 3.20. The van der Waals surface area contributed by atoms with E-state index in [4.69, 9.17) is 0 Å². The molecule has 0 aromatic carbocycles. The highest BCUT2D eigenvalue weighted by atomic mass is 16.4. The van der Waals surface area contributed by atoms with E-state index in [0.717, 1.165) is 44.2 Å².